The maximum Gasteiger partial charge on any atom is 0.271 e. The van der Waals surface area contributed by atoms with E-state index in [0.29, 0.717) is 34.0 Å². The third kappa shape index (κ3) is 3.32. The molecule has 0 bridgehead atoms. The SMILES string of the molecule is COc1cccc(NS(=O)(=O)c2ccc(-c3nnc(C4CCC4)o3)s2)c1. The molecule has 7 nitrogen and oxygen atoms in total. The van der Waals surface area contributed by atoms with Crippen molar-refractivity contribution in [2.45, 2.75) is 29.4 Å². The van der Waals surface area contributed by atoms with Gasteiger partial charge in [-0.2, -0.15) is 0 Å². The van der Waals surface area contributed by atoms with Crippen molar-refractivity contribution < 1.29 is 17.6 Å². The second-order valence-electron chi connectivity index (χ2n) is 6.03. The highest BCUT2D eigenvalue weighted by atomic mass is 32.2. The number of ether oxygens (including phenoxy) is 1. The molecule has 1 N–H and O–H groups in total. The molecule has 1 aliphatic rings. The molecule has 2 aromatic heterocycles. The van der Waals surface area contributed by atoms with Crippen LogP contribution in [0.1, 0.15) is 31.1 Å². The largest absolute Gasteiger partial charge is 0.497 e. The Kier molecular flexibility index (Phi) is 4.41. The molecule has 0 unspecified atom stereocenters. The van der Waals surface area contributed by atoms with Crippen molar-refractivity contribution in [1.29, 1.82) is 0 Å². The van der Waals surface area contributed by atoms with E-state index in [2.05, 4.69) is 14.9 Å². The lowest BCUT2D eigenvalue weighted by Crippen LogP contribution is -2.11. The lowest BCUT2D eigenvalue weighted by atomic mass is 9.85. The molecule has 1 fully saturated rings. The number of thiophene rings is 1. The van der Waals surface area contributed by atoms with E-state index in [1.54, 1.807) is 30.3 Å². The number of nitrogens with zero attached hydrogens (tertiary/aromatic N) is 2. The molecule has 0 radical (unpaired) electrons. The van der Waals surface area contributed by atoms with Gasteiger partial charge >= 0.3 is 0 Å². The number of benzene rings is 1. The Morgan fingerprint density at radius 1 is 1.23 bits per heavy atom. The molecule has 3 aromatic rings. The molecule has 2 heterocycles. The summed E-state index contributed by atoms with van der Waals surface area (Å²) in [6.07, 6.45) is 3.31. The summed E-state index contributed by atoms with van der Waals surface area (Å²) in [5, 5.41) is 8.14. The fourth-order valence-corrected chi connectivity index (χ4v) is 4.90. The Morgan fingerprint density at radius 3 is 2.81 bits per heavy atom. The van der Waals surface area contributed by atoms with Gasteiger partial charge in [0.15, 0.2) is 0 Å². The fraction of sp³-hybridized carbons (Fsp3) is 0.294. The summed E-state index contributed by atoms with van der Waals surface area (Å²) in [4.78, 5) is 0.633. The minimum atomic E-state index is -3.71. The summed E-state index contributed by atoms with van der Waals surface area (Å²) < 4.78 is 38.8. The van der Waals surface area contributed by atoms with Crippen LogP contribution in [0.4, 0.5) is 5.69 Å². The number of anilines is 1. The molecule has 26 heavy (non-hydrogen) atoms. The number of rotatable bonds is 6. The van der Waals surface area contributed by atoms with Crippen molar-refractivity contribution in [3.8, 4) is 16.5 Å². The first-order valence-corrected chi connectivity index (χ1v) is 10.5. The summed E-state index contributed by atoms with van der Waals surface area (Å²) in [6.45, 7) is 0. The Labute approximate surface area is 155 Å². The maximum absolute atomic E-state index is 12.6. The smallest absolute Gasteiger partial charge is 0.271 e. The Bertz CT molecular complexity index is 1020. The monoisotopic (exact) mass is 391 g/mol. The van der Waals surface area contributed by atoms with E-state index >= 15 is 0 Å². The summed E-state index contributed by atoms with van der Waals surface area (Å²) in [6, 6.07) is 9.97. The van der Waals surface area contributed by atoms with Crippen molar-refractivity contribution in [2.24, 2.45) is 0 Å². The van der Waals surface area contributed by atoms with Crippen molar-refractivity contribution in [2.75, 3.05) is 11.8 Å². The molecule has 1 aromatic carbocycles. The molecule has 0 spiro atoms. The van der Waals surface area contributed by atoms with Gasteiger partial charge in [-0.15, -0.1) is 21.5 Å². The van der Waals surface area contributed by atoms with E-state index in [4.69, 9.17) is 9.15 Å². The summed E-state index contributed by atoms with van der Waals surface area (Å²) >= 11 is 1.09. The first-order chi connectivity index (χ1) is 12.5. The highest BCUT2D eigenvalue weighted by Gasteiger charge is 2.26. The van der Waals surface area contributed by atoms with Crippen LogP contribution in [0, 0.1) is 0 Å². The average molecular weight is 391 g/mol. The van der Waals surface area contributed by atoms with Gasteiger partial charge in [-0.1, -0.05) is 12.5 Å². The van der Waals surface area contributed by atoms with Gasteiger partial charge in [-0.05, 0) is 37.1 Å². The van der Waals surface area contributed by atoms with E-state index in [1.807, 2.05) is 0 Å². The molecule has 136 valence electrons. The molecule has 9 heteroatoms. The lowest BCUT2D eigenvalue weighted by Gasteiger charge is -2.20. The van der Waals surface area contributed by atoms with E-state index in [9.17, 15) is 8.42 Å². The van der Waals surface area contributed by atoms with E-state index < -0.39 is 10.0 Å². The van der Waals surface area contributed by atoms with E-state index in [1.165, 1.54) is 19.6 Å². The van der Waals surface area contributed by atoms with Crippen LogP contribution in [0.15, 0.2) is 45.0 Å². The Hall–Kier alpha value is -2.39. The van der Waals surface area contributed by atoms with Gasteiger partial charge in [0.2, 0.25) is 5.89 Å². The van der Waals surface area contributed by atoms with E-state index in [-0.39, 0.29) is 4.21 Å². The maximum atomic E-state index is 12.6. The third-order valence-electron chi connectivity index (χ3n) is 4.27. The fourth-order valence-electron chi connectivity index (χ4n) is 2.63. The van der Waals surface area contributed by atoms with Crippen LogP contribution >= 0.6 is 11.3 Å². The molecular weight excluding hydrogens is 374 g/mol. The van der Waals surface area contributed by atoms with E-state index in [0.717, 1.165) is 24.2 Å². The van der Waals surface area contributed by atoms with Crippen LogP contribution in [-0.2, 0) is 10.0 Å². The molecule has 1 aliphatic carbocycles. The highest BCUT2D eigenvalue weighted by molar-refractivity contribution is 7.94. The zero-order valence-electron chi connectivity index (χ0n) is 14.0. The number of hydrogen-bond acceptors (Lipinski definition) is 7. The van der Waals surface area contributed by atoms with Crippen molar-refractivity contribution in [1.82, 2.24) is 10.2 Å². The van der Waals surface area contributed by atoms with Gasteiger partial charge in [0.25, 0.3) is 15.9 Å². The number of methoxy groups -OCH3 is 1. The average Bonchev–Trinajstić information content (AvgIpc) is 3.22. The topological polar surface area (TPSA) is 94.3 Å². The van der Waals surface area contributed by atoms with Gasteiger partial charge in [-0.25, -0.2) is 8.42 Å². The molecule has 0 atom stereocenters. The standard InChI is InChI=1S/C17H17N3O4S2/c1-23-13-7-3-6-12(10-13)20-26(21,22)15-9-8-14(25-15)17-19-18-16(24-17)11-4-2-5-11/h3,6-11,20H,2,4-5H2,1H3. The summed E-state index contributed by atoms with van der Waals surface area (Å²) in [5.74, 6) is 1.92. The Morgan fingerprint density at radius 2 is 2.08 bits per heavy atom. The number of sulfonamides is 1. The summed E-state index contributed by atoms with van der Waals surface area (Å²) in [5.41, 5.74) is 0.435. The first kappa shape index (κ1) is 17.0. The quantitative estimate of drug-likeness (QED) is 0.685. The van der Waals surface area contributed by atoms with Crippen LogP contribution < -0.4 is 9.46 Å². The van der Waals surface area contributed by atoms with Crippen molar-refractivity contribution in [3.63, 3.8) is 0 Å². The predicted molar refractivity (Wildman–Crippen MR) is 98.0 cm³/mol. The second-order valence-corrected chi connectivity index (χ2v) is 9.02. The molecule has 1 saturated carbocycles. The molecule has 0 aliphatic heterocycles. The van der Waals surface area contributed by atoms with Gasteiger partial charge in [0.05, 0.1) is 17.7 Å². The zero-order chi connectivity index (χ0) is 18.1. The van der Waals surface area contributed by atoms with Crippen LogP contribution in [-0.4, -0.2) is 25.7 Å². The lowest BCUT2D eigenvalue weighted by molar-refractivity contribution is 0.338. The van der Waals surface area contributed by atoms with Crippen LogP contribution in [0.2, 0.25) is 0 Å². The minimum absolute atomic E-state index is 0.179. The molecular formula is C17H17N3O4S2. The zero-order valence-corrected chi connectivity index (χ0v) is 15.6. The summed E-state index contributed by atoms with van der Waals surface area (Å²) in [7, 11) is -2.18. The number of hydrogen-bond donors (Lipinski definition) is 1. The van der Waals surface area contributed by atoms with Gasteiger partial charge in [0.1, 0.15) is 9.96 Å². The van der Waals surface area contributed by atoms with Gasteiger partial charge in [0, 0.05) is 12.0 Å². The normalized spacial score (nSPS) is 14.8. The molecule has 0 saturated heterocycles. The number of aromatic nitrogens is 2. The molecule has 4 rings (SSSR count). The van der Waals surface area contributed by atoms with Gasteiger partial charge < -0.3 is 9.15 Å². The van der Waals surface area contributed by atoms with Crippen LogP contribution in [0.5, 0.6) is 5.75 Å². The minimum Gasteiger partial charge on any atom is -0.497 e. The van der Waals surface area contributed by atoms with Crippen molar-refractivity contribution in [3.05, 3.63) is 42.3 Å². The predicted octanol–water partition coefficient (Wildman–Crippen LogP) is 3.88. The highest BCUT2D eigenvalue weighted by Crippen LogP contribution is 2.38. The first-order valence-electron chi connectivity index (χ1n) is 8.15. The van der Waals surface area contributed by atoms with Crippen LogP contribution in [0.25, 0.3) is 10.8 Å². The van der Waals surface area contributed by atoms with Crippen molar-refractivity contribution >= 4 is 27.0 Å². The third-order valence-corrected chi connectivity index (χ3v) is 7.22. The molecule has 0 amide bonds. The van der Waals surface area contributed by atoms with Gasteiger partial charge in [-0.3, -0.25) is 4.72 Å². The second kappa shape index (κ2) is 6.73. The van der Waals surface area contributed by atoms with Crippen LogP contribution in [0.3, 0.4) is 0 Å². The number of nitrogens with one attached hydrogen (secondary N) is 1. The Balaban J connectivity index is 1.55.